The van der Waals surface area contributed by atoms with Crippen LogP contribution in [0, 0.1) is 31.6 Å². The molecule has 1 rings (SSSR count). The lowest BCUT2D eigenvalue weighted by Crippen LogP contribution is -2.39. The van der Waals surface area contributed by atoms with E-state index in [1.54, 1.807) is 0 Å². The number of nitrogens with one attached hydrogen (secondary N) is 3. The molecule has 1 aliphatic carbocycles. The molecule has 1 saturated carbocycles. The number of amides is 2. The van der Waals surface area contributed by atoms with Gasteiger partial charge < -0.3 is 32.3 Å². The highest BCUT2D eigenvalue weighted by Gasteiger charge is 2.16. The molecule has 4 radical (unpaired) electrons. The molecule has 0 saturated heterocycles. The summed E-state index contributed by atoms with van der Waals surface area (Å²) in [6.45, 7) is 5.58. The lowest BCUT2D eigenvalue weighted by atomic mass is 10.1. The number of nitrogens with zero attached hydrogens (tertiary/aromatic N) is 1. The molecular weight excluding hydrogens is 332 g/mol. The van der Waals surface area contributed by atoms with Gasteiger partial charge >= 0.3 is 0 Å². The van der Waals surface area contributed by atoms with Crippen LogP contribution in [-0.4, -0.2) is 75.6 Å². The van der Waals surface area contributed by atoms with E-state index in [2.05, 4.69) is 46.5 Å². The van der Waals surface area contributed by atoms with E-state index in [9.17, 15) is 9.59 Å². The van der Waals surface area contributed by atoms with Gasteiger partial charge in [0.15, 0.2) is 0 Å². The van der Waals surface area contributed by atoms with Gasteiger partial charge in [-0.15, -0.1) is 0 Å². The molecule has 26 heavy (non-hydrogen) atoms. The largest absolute Gasteiger partial charge is 0.355 e. The molecule has 0 aromatic rings. The van der Waals surface area contributed by atoms with Crippen LogP contribution < -0.4 is 27.4 Å². The van der Waals surface area contributed by atoms with Crippen molar-refractivity contribution in [2.24, 2.45) is 17.4 Å². The van der Waals surface area contributed by atoms with Gasteiger partial charge in [-0.05, 0) is 38.1 Å². The quantitative estimate of drug-likeness (QED) is 0.219. The zero-order chi connectivity index (χ0) is 19.0. The molecule has 0 spiro atoms. The molecule has 148 valence electrons. The zero-order valence-electron chi connectivity index (χ0n) is 15.6. The molecule has 8 heteroatoms. The van der Waals surface area contributed by atoms with Crippen LogP contribution >= 0.6 is 0 Å². The van der Waals surface area contributed by atoms with E-state index in [1.165, 1.54) is 0 Å². The van der Waals surface area contributed by atoms with E-state index in [-0.39, 0.29) is 11.8 Å². The van der Waals surface area contributed by atoms with Crippen LogP contribution in [0.4, 0.5) is 0 Å². The first-order chi connectivity index (χ1) is 12.7. The molecule has 0 aromatic heterocycles. The predicted octanol–water partition coefficient (Wildman–Crippen LogP) is -1.75. The fraction of sp³-hybridized carbons (Fsp3) is 0.667. The molecule has 0 unspecified atom stereocenters. The van der Waals surface area contributed by atoms with Crippen LogP contribution in [0.25, 0.3) is 0 Å². The predicted molar refractivity (Wildman–Crippen MR) is 103 cm³/mol. The second-order valence-corrected chi connectivity index (χ2v) is 6.26. The minimum Gasteiger partial charge on any atom is -0.355 e. The van der Waals surface area contributed by atoms with Crippen molar-refractivity contribution in [2.45, 2.75) is 12.8 Å². The van der Waals surface area contributed by atoms with Crippen molar-refractivity contribution < 1.29 is 9.59 Å². The van der Waals surface area contributed by atoms with Crippen LogP contribution in [0.3, 0.4) is 0 Å². The van der Waals surface area contributed by atoms with E-state index in [1.807, 2.05) is 0 Å². The Kier molecular flexibility index (Phi) is 13.1. The van der Waals surface area contributed by atoms with Crippen molar-refractivity contribution in [1.29, 1.82) is 0 Å². The van der Waals surface area contributed by atoms with Crippen molar-refractivity contribution in [3.8, 4) is 0 Å². The average molecular weight is 367 g/mol. The second-order valence-electron chi connectivity index (χ2n) is 6.26. The fourth-order valence-corrected chi connectivity index (χ4v) is 2.57. The van der Waals surface area contributed by atoms with Gasteiger partial charge in [0.05, 0.1) is 0 Å². The van der Waals surface area contributed by atoms with Crippen molar-refractivity contribution >= 4 is 11.8 Å². The Bertz CT molecular complexity index is 364. The van der Waals surface area contributed by atoms with Crippen molar-refractivity contribution in [1.82, 2.24) is 20.9 Å². The van der Waals surface area contributed by atoms with E-state index >= 15 is 0 Å². The first-order valence-corrected chi connectivity index (χ1v) is 9.37. The molecule has 1 aliphatic rings. The van der Waals surface area contributed by atoms with Gasteiger partial charge in [-0.3, -0.25) is 9.59 Å². The lowest BCUT2D eigenvalue weighted by molar-refractivity contribution is -0.121. The second kappa shape index (κ2) is 14.9. The minimum atomic E-state index is -0.0118. The number of carbonyl (C=O) groups is 2. The number of carbonyl (C=O) groups excluding carboxylic acids is 2. The summed E-state index contributed by atoms with van der Waals surface area (Å²) in [5, 5.41) is 8.96. The standard InChI is InChI=1S/C18H34N6O2/c19-7-9-22-17(25)5-12-24(13-6-18(26)23-10-8-20)14-11-21-15-16-3-1-2-4-16/h1-4,16,21H,5-15,19-20H2,(H,22,25)(H,23,26). The summed E-state index contributed by atoms with van der Waals surface area (Å²) in [5.74, 6) is 0.428. The maximum atomic E-state index is 11.8. The Hall–Kier alpha value is -1.22. The van der Waals surface area contributed by atoms with Crippen molar-refractivity contribution in [3.05, 3.63) is 25.7 Å². The van der Waals surface area contributed by atoms with Crippen LogP contribution in [0.15, 0.2) is 0 Å². The summed E-state index contributed by atoms with van der Waals surface area (Å²) in [4.78, 5) is 25.7. The first-order valence-electron chi connectivity index (χ1n) is 9.37. The van der Waals surface area contributed by atoms with Crippen molar-refractivity contribution in [3.63, 3.8) is 0 Å². The molecule has 0 atom stereocenters. The first kappa shape index (κ1) is 22.8. The van der Waals surface area contributed by atoms with E-state index in [4.69, 9.17) is 11.5 Å². The smallest absolute Gasteiger partial charge is 0.221 e. The Morgan fingerprint density at radius 2 is 1.38 bits per heavy atom. The molecule has 0 heterocycles. The van der Waals surface area contributed by atoms with Gasteiger partial charge in [0, 0.05) is 65.2 Å². The molecule has 0 aromatic carbocycles. The van der Waals surface area contributed by atoms with Crippen LogP contribution in [0.2, 0.25) is 0 Å². The molecule has 2 amide bonds. The summed E-state index contributed by atoms with van der Waals surface area (Å²) in [7, 11) is 0. The summed E-state index contributed by atoms with van der Waals surface area (Å²) in [6.07, 6.45) is 9.23. The number of hydrogen-bond acceptors (Lipinski definition) is 6. The number of hydrogen-bond donors (Lipinski definition) is 5. The molecule has 1 fully saturated rings. The highest BCUT2D eigenvalue weighted by molar-refractivity contribution is 5.76. The SMILES string of the molecule is NCCNC(=O)CCN(CCNCC1[CH][CH][CH][CH]1)CCC(=O)NCCN. The summed E-state index contributed by atoms with van der Waals surface area (Å²) >= 11 is 0. The van der Waals surface area contributed by atoms with Gasteiger partial charge in [-0.1, -0.05) is 0 Å². The maximum Gasteiger partial charge on any atom is 0.221 e. The Morgan fingerprint density at radius 1 is 0.846 bits per heavy atom. The third-order valence-electron chi connectivity index (χ3n) is 4.06. The Balaban J connectivity index is 2.27. The highest BCUT2D eigenvalue weighted by Crippen LogP contribution is 2.19. The Labute approximate surface area is 157 Å². The van der Waals surface area contributed by atoms with E-state index < -0.39 is 0 Å². The summed E-state index contributed by atoms with van der Waals surface area (Å²) < 4.78 is 0. The normalized spacial score (nSPS) is 14.7. The molecule has 7 N–H and O–H groups in total. The van der Waals surface area contributed by atoms with Gasteiger partial charge in [-0.2, -0.15) is 0 Å². The monoisotopic (exact) mass is 366 g/mol. The third kappa shape index (κ3) is 11.4. The average Bonchev–Trinajstić information content (AvgIpc) is 3.16. The lowest BCUT2D eigenvalue weighted by Gasteiger charge is -2.22. The highest BCUT2D eigenvalue weighted by atomic mass is 16.2. The Morgan fingerprint density at radius 3 is 1.88 bits per heavy atom. The molecular formula is C18H34N6O2. The fourth-order valence-electron chi connectivity index (χ4n) is 2.57. The van der Waals surface area contributed by atoms with E-state index in [0.717, 1.165) is 19.6 Å². The number of nitrogens with two attached hydrogens (primary N) is 2. The molecule has 0 aliphatic heterocycles. The number of rotatable bonds is 15. The van der Waals surface area contributed by atoms with E-state index in [0.29, 0.717) is 58.0 Å². The summed E-state index contributed by atoms with van der Waals surface area (Å²) in [6, 6.07) is 0. The van der Waals surface area contributed by atoms with Gasteiger partial charge in [0.25, 0.3) is 0 Å². The molecule has 0 bridgehead atoms. The van der Waals surface area contributed by atoms with Crippen LogP contribution in [-0.2, 0) is 9.59 Å². The van der Waals surface area contributed by atoms with Crippen LogP contribution in [0.5, 0.6) is 0 Å². The van der Waals surface area contributed by atoms with Crippen molar-refractivity contribution in [2.75, 3.05) is 58.9 Å². The topological polar surface area (TPSA) is 126 Å². The van der Waals surface area contributed by atoms with Crippen LogP contribution in [0.1, 0.15) is 12.8 Å². The van der Waals surface area contributed by atoms with Gasteiger partial charge in [0.1, 0.15) is 0 Å². The third-order valence-corrected chi connectivity index (χ3v) is 4.06. The van der Waals surface area contributed by atoms with Gasteiger partial charge in [-0.25, -0.2) is 0 Å². The maximum absolute atomic E-state index is 11.8. The molecule has 8 nitrogen and oxygen atoms in total. The van der Waals surface area contributed by atoms with Gasteiger partial charge in [0.2, 0.25) is 11.8 Å². The zero-order valence-corrected chi connectivity index (χ0v) is 15.6. The minimum absolute atomic E-state index is 0.0118. The summed E-state index contributed by atoms with van der Waals surface area (Å²) in [5.41, 5.74) is 10.8.